The SMILES string of the molecule is O=c1c2cc([N+](=O)[O-])ccc2ncn1Cc1nnc(-c2ccccc2)o1. The fourth-order valence-electron chi connectivity index (χ4n) is 2.53. The van der Waals surface area contributed by atoms with E-state index in [2.05, 4.69) is 15.2 Å². The third-order valence-electron chi connectivity index (χ3n) is 3.81. The summed E-state index contributed by atoms with van der Waals surface area (Å²) in [4.78, 5) is 27.1. The van der Waals surface area contributed by atoms with E-state index in [9.17, 15) is 14.9 Å². The van der Waals surface area contributed by atoms with Crippen LogP contribution in [0.15, 0.2) is 64.1 Å². The lowest BCUT2D eigenvalue weighted by Crippen LogP contribution is -2.21. The van der Waals surface area contributed by atoms with Gasteiger partial charge in [-0.15, -0.1) is 10.2 Å². The highest BCUT2D eigenvalue weighted by molar-refractivity contribution is 5.79. The van der Waals surface area contributed by atoms with Gasteiger partial charge in [0.25, 0.3) is 11.2 Å². The number of fused-ring (bicyclic) bond motifs is 1. The molecule has 0 aliphatic heterocycles. The van der Waals surface area contributed by atoms with Crippen molar-refractivity contribution in [2.45, 2.75) is 6.54 Å². The Morgan fingerprint density at radius 1 is 1.12 bits per heavy atom. The molecule has 9 heteroatoms. The Balaban J connectivity index is 1.69. The zero-order valence-corrected chi connectivity index (χ0v) is 13.3. The molecule has 9 nitrogen and oxygen atoms in total. The van der Waals surface area contributed by atoms with E-state index in [4.69, 9.17) is 4.42 Å². The summed E-state index contributed by atoms with van der Waals surface area (Å²) >= 11 is 0. The van der Waals surface area contributed by atoms with Crippen LogP contribution in [0, 0.1) is 10.1 Å². The first kappa shape index (κ1) is 15.6. The Labute approximate surface area is 145 Å². The number of nitro benzene ring substituents is 1. The molecule has 0 atom stereocenters. The number of aromatic nitrogens is 4. The van der Waals surface area contributed by atoms with Crippen molar-refractivity contribution < 1.29 is 9.34 Å². The Hall–Kier alpha value is -3.88. The number of nitrogens with zero attached hydrogens (tertiary/aromatic N) is 5. The molecule has 0 amide bonds. The van der Waals surface area contributed by atoms with Gasteiger partial charge >= 0.3 is 0 Å². The minimum absolute atomic E-state index is 0.0182. The van der Waals surface area contributed by atoms with E-state index in [0.717, 1.165) is 5.56 Å². The van der Waals surface area contributed by atoms with E-state index in [1.807, 2.05) is 30.3 Å². The Morgan fingerprint density at radius 3 is 2.69 bits per heavy atom. The minimum Gasteiger partial charge on any atom is -0.419 e. The molecular weight excluding hydrogens is 338 g/mol. The highest BCUT2D eigenvalue weighted by Gasteiger charge is 2.13. The molecule has 26 heavy (non-hydrogen) atoms. The first-order chi connectivity index (χ1) is 12.6. The molecular formula is C17H11N5O4. The molecule has 0 spiro atoms. The summed E-state index contributed by atoms with van der Waals surface area (Å²) in [7, 11) is 0. The molecule has 0 aliphatic carbocycles. The van der Waals surface area contributed by atoms with Crippen LogP contribution < -0.4 is 5.56 Å². The topological polar surface area (TPSA) is 117 Å². The van der Waals surface area contributed by atoms with Crippen molar-refractivity contribution in [1.29, 1.82) is 0 Å². The van der Waals surface area contributed by atoms with Gasteiger partial charge in [0.15, 0.2) is 0 Å². The van der Waals surface area contributed by atoms with E-state index in [1.54, 1.807) is 0 Å². The van der Waals surface area contributed by atoms with Gasteiger partial charge in [-0.3, -0.25) is 19.5 Å². The van der Waals surface area contributed by atoms with Crippen LogP contribution in [-0.4, -0.2) is 24.7 Å². The molecule has 2 heterocycles. The minimum atomic E-state index is -0.555. The highest BCUT2D eigenvalue weighted by Crippen LogP contribution is 2.18. The van der Waals surface area contributed by atoms with Crippen molar-refractivity contribution in [1.82, 2.24) is 19.7 Å². The molecule has 0 saturated carbocycles. The lowest BCUT2D eigenvalue weighted by molar-refractivity contribution is -0.384. The van der Waals surface area contributed by atoms with Gasteiger partial charge in [0.1, 0.15) is 6.54 Å². The predicted molar refractivity (Wildman–Crippen MR) is 91.5 cm³/mol. The van der Waals surface area contributed by atoms with Crippen LogP contribution in [0.25, 0.3) is 22.4 Å². The summed E-state index contributed by atoms with van der Waals surface area (Å²) in [6.45, 7) is 0.0182. The second kappa shape index (κ2) is 6.20. The number of non-ortho nitro benzene ring substituents is 1. The van der Waals surface area contributed by atoms with Gasteiger partial charge in [-0.2, -0.15) is 0 Å². The van der Waals surface area contributed by atoms with Crippen LogP contribution in [0.3, 0.4) is 0 Å². The second-order valence-electron chi connectivity index (χ2n) is 5.50. The Bertz CT molecular complexity index is 1170. The molecule has 4 rings (SSSR count). The molecule has 2 aromatic heterocycles. The van der Waals surface area contributed by atoms with Crippen molar-refractivity contribution in [3.8, 4) is 11.5 Å². The molecule has 0 saturated heterocycles. The van der Waals surface area contributed by atoms with Crippen molar-refractivity contribution in [2.24, 2.45) is 0 Å². The van der Waals surface area contributed by atoms with Gasteiger partial charge in [0, 0.05) is 17.7 Å². The maximum absolute atomic E-state index is 12.6. The number of hydrogen-bond acceptors (Lipinski definition) is 7. The monoisotopic (exact) mass is 349 g/mol. The largest absolute Gasteiger partial charge is 0.419 e. The fourth-order valence-corrected chi connectivity index (χ4v) is 2.53. The normalized spacial score (nSPS) is 10.9. The number of benzene rings is 2. The van der Waals surface area contributed by atoms with Crippen LogP contribution in [0.4, 0.5) is 5.69 Å². The lowest BCUT2D eigenvalue weighted by Gasteiger charge is -2.03. The summed E-state index contributed by atoms with van der Waals surface area (Å²) < 4.78 is 6.86. The number of nitro groups is 1. The molecule has 128 valence electrons. The molecule has 0 radical (unpaired) electrons. The predicted octanol–water partition coefficient (Wildman–Crippen LogP) is 2.40. The Kier molecular flexibility index (Phi) is 3.73. The molecule has 0 aliphatic rings. The van der Waals surface area contributed by atoms with Gasteiger partial charge in [0.2, 0.25) is 11.8 Å². The van der Waals surface area contributed by atoms with Gasteiger partial charge in [0.05, 0.1) is 22.2 Å². The molecule has 0 bridgehead atoms. The highest BCUT2D eigenvalue weighted by atomic mass is 16.6. The van der Waals surface area contributed by atoms with E-state index in [-0.39, 0.29) is 23.5 Å². The van der Waals surface area contributed by atoms with Gasteiger partial charge in [-0.25, -0.2) is 4.98 Å². The van der Waals surface area contributed by atoms with E-state index >= 15 is 0 Å². The van der Waals surface area contributed by atoms with E-state index < -0.39 is 10.5 Å². The summed E-state index contributed by atoms with van der Waals surface area (Å²) in [6.07, 6.45) is 1.35. The number of rotatable bonds is 4. The first-order valence-electron chi connectivity index (χ1n) is 7.63. The third kappa shape index (κ3) is 2.81. The molecule has 4 aromatic rings. The van der Waals surface area contributed by atoms with Crippen LogP contribution in [0.1, 0.15) is 5.89 Å². The van der Waals surface area contributed by atoms with Crippen LogP contribution >= 0.6 is 0 Å². The summed E-state index contributed by atoms with van der Waals surface area (Å²) in [5.41, 5.74) is 0.565. The summed E-state index contributed by atoms with van der Waals surface area (Å²) in [5, 5.41) is 19.0. The summed E-state index contributed by atoms with van der Waals surface area (Å²) in [5.74, 6) is 0.579. The smallest absolute Gasteiger partial charge is 0.270 e. The Morgan fingerprint density at radius 2 is 1.92 bits per heavy atom. The van der Waals surface area contributed by atoms with Gasteiger partial charge < -0.3 is 4.42 Å². The quantitative estimate of drug-likeness (QED) is 0.410. The third-order valence-corrected chi connectivity index (χ3v) is 3.81. The molecule has 0 unspecified atom stereocenters. The fraction of sp³-hybridized carbons (Fsp3) is 0.0588. The van der Waals surface area contributed by atoms with E-state index in [0.29, 0.717) is 11.4 Å². The molecule has 0 fully saturated rings. The molecule has 2 aromatic carbocycles. The maximum atomic E-state index is 12.6. The molecule has 0 N–H and O–H groups in total. The maximum Gasteiger partial charge on any atom is 0.270 e. The zero-order valence-electron chi connectivity index (χ0n) is 13.3. The lowest BCUT2D eigenvalue weighted by atomic mass is 10.2. The first-order valence-corrected chi connectivity index (χ1v) is 7.63. The van der Waals surface area contributed by atoms with Gasteiger partial charge in [-0.1, -0.05) is 18.2 Å². The van der Waals surface area contributed by atoms with E-state index in [1.165, 1.54) is 29.1 Å². The van der Waals surface area contributed by atoms with Crippen molar-refractivity contribution in [3.05, 3.63) is 81.2 Å². The van der Waals surface area contributed by atoms with Gasteiger partial charge in [-0.05, 0) is 18.2 Å². The second-order valence-corrected chi connectivity index (χ2v) is 5.50. The zero-order chi connectivity index (χ0) is 18.1. The standard InChI is InChI=1S/C17H11N5O4/c23-17-13-8-12(22(24)25)6-7-14(13)18-10-21(17)9-15-19-20-16(26-15)11-4-2-1-3-5-11/h1-8,10H,9H2. The van der Waals surface area contributed by atoms with Crippen LogP contribution in [0.5, 0.6) is 0 Å². The van der Waals surface area contributed by atoms with Crippen LogP contribution in [0.2, 0.25) is 0 Å². The van der Waals surface area contributed by atoms with Crippen molar-refractivity contribution >= 4 is 16.6 Å². The average Bonchev–Trinajstić information content (AvgIpc) is 3.13. The number of hydrogen-bond donors (Lipinski definition) is 0. The van der Waals surface area contributed by atoms with Crippen LogP contribution in [-0.2, 0) is 6.54 Å². The van der Waals surface area contributed by atoms with Crippen molar-refractivity contribution in [2.75, 3.05) is 0 Å². The summed E-state index contributed by atoms with van der Waals surface area (Å²) in [6, 6.07) is 13.2. The average molecular weight is 349 g/mol. The van der Waals surface area contributed by atoms with Crippen molar-refractivity contribution in [3.63, 3.8) is 0 Å².